The summed E-state index contributed by atoms with van der Waals surface area (Å²) in [5, 5.41) is 6.04. The summed E-state index contributed by atoms with van der Waals surface area (Å²) in [5.41, 5.74) is 0.698. The number of hydrogen-bond acceptors (Lipinski definition) is 5. The molecule has 2 amide bonds. The average Bonchev–Trinajstić information content (AvgIpc) is 3.30. The van der Waals surface area contributed by atoms with Crippen LogP contribution in [0.5, 0.6) is 5.75 Å². The average molecular weight is 428 g/mol. The van der Waals surface area contributed by atoms with Crippen molar-refractivity contribution in [3.63, 3.8) is 0 Å². The van der Waals surface area contributed by atoms with Crippen LogP contribution in [0.3, 0.4) is 0 Å². The molecule has 0 spiro atoms. The van der Waals surface area contributed by atoms with Crippen LogP contribution in [0.2, 0.25) is 0 Å². The van der Waals surface area contributed by atoms with Gasteiger partial charge in [-0.2, -0.15) is 0 Å². The molecule has 9 nitrogen and oxygen atoms in total. The lowest BCUT2D eigenvalue weighted by atomic mass is 10.3. The highest BCUT2D eigenvalue weighted by atomic mass is 16.5. The fourth-order valence-electron chi connectivity index (χ4n) is 3.29. The number of nitrogens with one attached hydrogen (secondary N) is 2. The molecule has 166 valence electrons. The largest absolute Gasteiger partial charge is 0.492 e. The number of benzene rings is 1. The van der Waals surface area contributed by atoms with Crippen LogP contribution in [0.25, 0.3) is 0 Å². The molecule has 1 aromatic heterocycles. The van der Waals surface area contributed by atoms with Crippen LogP contribution in [-0.2, 0) is 4.79 Å². The fraction of sp³-hybridized carbons (Fsp3) is 0.409. The molecule has 0 unspecified atom stereocenters. The Balaban J connectivity index is 1.49. The fourth-order valence-corrected chi connectivity index (χ4v) is 3.29. The van der Waals surface area contributed by atoms with Crippen LogP contribution in [0.1, 0.15) is 24.4 Å². The summed E-state index contributed by atoms with van der Waals surface area (Å²) in [5.74, 6) is 1.65. The van der Waals surface area contributed by atoms with Crippen molar-refractivity contribution in [2.75, 3.05) is 51.2 Å². The number of guanidine groups is 1. The number of carbonyl (C=O) groups excluding carboxylic acids is 2. The van der Waals surface area contributed by atoms with E-state index in [0.29, 0.717) is 56.5 Å². The Bertz CT molecular complexity index is 889. The second kappa shape index (κ2) is 11.1. The van der Waals surface area contributed by atoms with Gasteiger partial charge >= 0.3 is 0 Å². The molecule has 9 heteroatoms. The first-order valence-electron chi connectivity index (χ1n) is 10.4. The molecule has 1 fully saturated rings. The number of ether oxygens (including phenoxy) is 1. The summed E-state index contributed by atoms with van der Waals surface area (Å²) in [6.07, 6.45) is 1.51. The highest BCUT2D eigenvalue weighted by molar-refractivity contribution is 5.91. The van der Waals surface area contributed by atoms with Gasteiger partial charge in [0.25, 0.3) is 5.91 Å². The molecule has 2 aromatic rings. The number of carbonyl (C=O) groups is 2. The SMILES string of the molecule is CCNC(=NCCOc1cccc(NC(C)=O)c1)N1CCN(C(=O)c2ccco2)CC1. The normalized spacial score (nSPS) is 14.3. The second-order valence-corrected chi connectivity index (χ2v) is 7.05. The number of hydrogen-bond donors (Lipinski definition) is 2. The molecule has 0 radical (unpaired) electrons. The zero-order valence-electron chi connectivity index (χ0n) is 18.0. The highest BCUT2D eigenvalue weighted by Gasteiger charge is 2.25. The van der Waals surface area contributed by atoms with Crippen LogP contribution in [0.15, 0.2) is 52.1 Å². The van der Waals surface area contributed by atoms with Crippen molar-refractivity contribution >= 4 is 23.5 Å². The molecule has 1 aliphatic rings. The third-order valence-corrected chi connectivity index (χ3v) is 4.71. The third-order valence-electron chi connectivity index (χ3n) is 4.71. The molecule has 0 atom stereocenters. The molecule has 0 saturated carbocycles. The maximum absolute atomic E-state index is 12.4. The van der Waals surface area contributed by atoms with Gasteiger partial charge in [-0.3, -0.25) is 9.59 Å². The molecule has 0 aliphatic carbocycles. The van der Waals surface area contributed by atoms with Crippen LogP contribution >= 0.6 is 0 Å². The predicted octanol–water partition coefficient (Wildman–Crippen LogP) is 2.04. The Morgan fingerprint density at radius 1 is 1.13 bits per heavy atom. The molecule has 1 aromatic carbocycles. The molecule has 2 heterocycles. The number of anilines is 1. The zero-order chi connectivity index (χ0) is 22.1. The van der Waals surface area contributed by atoms with Crippen molar-refractivity contribution in [3.8, 4) is 5.75 Å². The smallest absolute Gasteiger partial charge is 0.289 e. The lowest BCUT2D eigenvalue weighted by molar-refractivity contribution is -0.114. The Morgan fingerprint density at radius 3 is 2.58 bits per heavy atom. The quantitative estimate of drug-likeness (QED) is 0.399. The topological polar surface area (TPSA) is 99.4 Å². The predicted molar refractivity (Wildman–Crippen MR) is 118 cm³/mol. The number of furan rings is 1. The van der Waals surface area contributed by atoms with Gasteiger partial charge in [0.15, 0.2) is 11.7 Å². The molecule has 1 saturated heterocycles. The van der Waals surface area contributed by atoms with Gasteiger partial charge in [0.05, 0.1) is 12.8 Å². The van der Waals surface area contributed by atoms with E-state index in [-0.39, 0.29) is 11.8 Å². The molecule has 3 rings (SSSR count). The van der Waals surface area contributed by atoms with Crippen LogP contribution in [0, 0.1) is 0 Å². The van der Waals surface area contributed by atoms with E-state index in [4.69, 9.17) is 9.15 Å². The van der Waals surface area contributed by atoms with Gasteiger partial charge < -0.3 is 29.6 Å². The monoisotopic (exact) mass is 427 g/mol. The number of piperazine rings is 1. The van der Waals surface area contributed by atoms with Gasteiger partial charge in [0.1, 0.15) is 12.4 Å². The summed E-state index contributed by atoms with van der Waals surface area (Å²) >= 11 is 0. The van der Waals surface area contributed by atoms with E-state index in [9.17, 15) is 9.59 Å². The van der Waals surface area contributed by atoms with Gasteiger partial charge in [-0.1, -0.05) is 6.07 Å². The zero-order valence-corrected chi connectivity index (χ0v) is 18.0. The molecular weight excluding hydrogens is 398 g/mol. The van der Waals surface area contributed by atoms with Gasteiger partial charge in [-0.15, -0.1) is 0 Å². The highest BCUT2D eigenvalue weighted by Crippen LogP contribution is 2.17. The minimum absolute atomic E-state index is 0.0820. The van der Waals surface area contributed by atoms with E-state index in [1.54, 1.807) is 23.1 Å². The van der Waals surface area contributed by atoms with Gasteiger partial charge in [0.2, 0.25) is 5.91 Å². The number of nitrogens with zero attached hydrogens (tertiary/aromatic N) is 3. The Morgan fingerprint density at radius 2 is 1.90 bits per heavy atom. The van der Waals surface area contributed by atoms with E-state index in [1.807, 2.05) is 25.1 Å². The van der Waals surface area contributed by atoms with Crippen LogP contribution < -0.4 is 15.4 Å². The van der Waals surface area contributed by atoms with E-state index in [0.717, 1.165) is 12.5 Å². The van der Waals surface area contributed by atoms with E-state index < -0.39 is 0 Å². The van der Waals surface area contributed by atoms with Gasteiger partial charge in [-0.05, 0) is 31.2 Å². The molecular formula is C22H29N5O4. The van der Waals surface area contributed by atoms with Crippen molar-refractivity contribution in [2.45, 2.75) is 13.8 Å². The molecule has 0 bridgehead atoms. The van der Waals surface area contributed by atoms with E-state index >= 15 is 0 Å². The maximum atomic E-state index is 12.4. The summed E-state index contributed by atoms with van der Waals surface area (Å²) in [4.78, 5) is 32.2. The number of aliphatic imine (C=N–C) groups is 1. The van der Waals surface area contributed by atoms with Crippen molar-refractivity contribution in [2.24, 2.45) is 4.99 Å². The van der Waals surface area contributed by atoms with Crippen LogP contribution in [-0.4, -0.2) is 73.4 Å². The molecule has 2 N–H and O–H groups in total. The third kappa shape index (κ3) is 6.50. The van der Waals surface area contributed by atoms with Crippen molar-refractivity contribution in [1.82, 2.24) is 15.1 Å². The summed E-state index contributed by atoms with van der Waals surface area (Å²) in [7, 11) is 0. The Labute approximate surface area is 182 Å². The lowest BCUT2D eigenvalue weighted by Crippen LogP contribution is -2.53. The van der Waals surface area contributed by atoms with E-state index in [1.165, 1.54) is 13.2 Å². The summed E-state index contributed by atoms with van der Waals surface area (Å²) < 4.78 is 11.0. The summed E-state index contributed by atoms with van der Waals surface area (Å²) in [6.45, 7) is 7.74. The lowest BCUT2D eigenvalue weighted by Gasteiger charge is -2.36. The van der Waals surface area contributed by atoms with Crippen molar-refractivity contribution < 1.29 is 18.7 Å². The minimum atomic E-state index is -0.122. The van der Waals surface area contributed by atoms with E-state index in [2.05, 4.69) is 20.5 Å². The van der Waals surface area contributed by atoms with Gasteiger partial charge in [0, 0.05) is 51.4 Å². The first-order chi connectivity index (χ1) is 15.1. The molecule has 31 heavy (non-hydrogen) atoms. The second-order valence-electron chi connectivity index (χ2n) is 7.05. The number of amides is 2. The van der Waals surface area contributed by atoms with Crippen molar-refractivity contribution in [1.29, 1.82) is 0 Å². The maximum Gasteiger partial charge on any atom is 0.289 e. The Hall–Kier alpha value is -3.49. The van der Waals surface area contributed by atoms with Crippen LogP contribution in [0.4, 0.5) is 5.69 Å². The summed E-state index contributed by atoms with van der Waals surface area (Å²) in [6, 6.07) is 10.7. The van der Waals surface area contributed by atoms with Crippen molar-refractivity contribution in [3.05, 3.63) is 48.4 Å². The molecule has 1 aliphatic heterocycles. The Kier molecular flexibility index (Phi) is 7.91. The minimum Gasteiger partial charge on any atom is -0.492 e. The first-order valence-corrected chi connectivity index (χ1v) is 10.4. The van der Waals surface area contributed by atoms with Gasteiger partial charge in [-0.25, -0.2) is 4.99 Å². The number of rotatable bonds is 7. The first kappa shape index (κ1) is 22.2. The standard InChI is InChI=1S/C22H29N5O4/c1-3-23-22(24-9-15-30-19-7-4-6-18(16-19)25-17(2)28)27-12-10-26(11-13-27)21(29)20-8-5-14-31-20/h4-8,14,16H,3,9-13,15H2,1-2H3,(H,23,24)(H,25,28).